The molecule has 2 nitrogen and oxygen atoms in total. The normalized spacial score (nSPS) is 9.78. The van der Waals surface area contributed by atoms with Crippen LogP contribution in [-0.4, -0.2) is 29.6 Å². The Balaban J connectivity index is 2.35. The summed E-state index contributed by atoms with van der Waals surface area (Å²) in [6.45, 7) is 8.49. The molecule has 1 aromatic rings. The maximum Gasteiger partial charge on any atom is 0.223 e. The predicted molar refractivity (Wildman–Crippen MR) is 78.8 cm³/mol. The Labute approximate surface area is 113 Å². The topological polar surface area (TPSA) is 20.3 Å². The number of hydrogen-bond acceptors (Lipinski definition) is 2. The van der Waals surface area contributed by atoms with E-state index in [0.717, 1.165) is 5.75 Å². The van der Waals surface area contributed by atoms with E-state index in [2.05, 4.69) is 25.3 Å². The Bertz CT molecular complexity index is 379. The van der Waals surface area contributed by atoms with Crippen molar-refractivity contribution in [1.82, 2.24) is 4.90 Å². The summed E-state index contributed by atoms with van der Waals surface area (Å²) >= 11 is 1.70. The summed E-state index contributed by atoms with van der Waals surface area (Å²) in [6.07, 6.45) is 4.03. The molecule has 1 aromatic carbocycles. The molecule has 1 amide bonds. The summed E-state index contributed by atoms with van der Waals surface area (Å²) in [4.78, 5) is 14.9. The van der Waals surface area contributed by atoms with Gasteiger partial charge in [-0.25, -0.2) is 0 Å². The maximum atomic E-state index is 11.9. The molecule has 0 unspecified atom stereocenters. The van der Waals surface area contributed by atoms with E-state index in [0.29, 0.717) is 19.5 Å². The summed E-state index contributed by atoms with van der Waals surface area (Å²) < 4.78 is 0. The molecule has 0 fully saturated rings. The molecule has 0 saturated carbocycles. The number of carbonyl (C=O) groups excluding carboxylic acids is 1. The lowest BCUT2D eigenvalue weighted by Gasteiger charge is -2.19. The van der Waals surface area contributed by atoms with Gasteiger partial charge in [-0.1, -0.05) is 30.4 Å². The molecule has 0 aliphatic rings. The molecule has 0 aromatic heterocycles. The van der Waals surface area contributed by atoms with Crippen LogP contribution in [0, 0.1) is 0 Å². The lowest BCUT2D eigenvalue weighted by atomic mass is 10.3. The van der Waals surface area contributed by atoms with Crippen LogP contribution in [0.4, 0.5) is 0 Å². The number of nitrogens with zero attached hydrogens (tertiary/aromatic N) is 1. The van der Waals surface area contributed by atoms with Crippen molar-refractivity contribution in [3.63, 3.8) is 0 Å². The van der Waals surface area contributed by atoms with Crippen molar-refractivity contribution < 1.29 is 4.79 Å². The maximum absolute atomic E-state index is 11.9. The van der Waals surface area contributed by atoms with Crippen LogP contribution in [0.5, 0.6) is 0 Å². The molecule has 0 bridgehead atoms. The van der Waals surface area contributed by atoms with Gasteiger partial charge in [0, 0.05) is 30.2 Å². The monoisotopic (exact) mass is 261 g/mol. The summed E-state index contributed by atoms with van der Waals surface area (Å²) in [5.74, 6) is 0.950. The molecule has 0 N–H and O–H groups in total. The van der Waals surface area contributed by atoms with Crippen molar-refractivity contribution in [2.24, 2.45) is 0 Å². The quantitative estimate of drug-likeness (QED) is 0.528. The van der Waals surface area contributed by atoms with Crippen LogP contribution in [0.15, 0.2) is 60.5 Å². The van der Waals surface area contributed by atoms with Gasteiger partial charge < -0.3 is 4.90 Å². The SMILES string of the molecule is C=CCN(CC=C)C(=O)CCSc1ccccc1. The Kier molecular flexibility index (Phi) is 6.96. The van der Waals surface area contributed by atoms with Gasteiger partial charge in [0.15, 0.2) is 0 Å². The van der Waals surface area contributed by atoms with Gasteiger partial charge in [-0.2, -0.15) is 0 Å². The number of carbonyl (C=O) groups is 1. The second-order valence-corrected chi connectivity index (χ2v) is 4.96. The van der Waals surface area contributed by atoms with Crippen molar-refractivity contribution in [3.05, 3.63) is 55.6 Å². The van der Waals surface area contributed by atoms with E-state index in [1.54, 1.807) is 28.8 Å². The van der Waals surface area contributed by atoms with E-state index >= 15 is 0 Å². The molecule has 1 rings (SSSR count). The number of thioether (sulfide) groups is 1. The largest absolute Gasteiger partial charge is 0.335 e. The van der Waals surface area contributed by atoms with E-state index in [4.69, 9.17) is 0 Å². The van der Waals surface area contributed by atoms with Crippen molar-refractivity contribution >= 4 is 17.7 Å². The molecular weight excluding hydrogens is 242 g/mol. The zero-order valence-electron chi connectivity index (χ0n) is 10.5. The number of hydrogen-bond donors (Lipinski definition) is 0. The minimum absolute atomic E-state index is 0.151. The van der Waals surface area contributed by atoms with Crippen LogP contribution in [0.3, 0.4) is 0 Å². The first-order valence-corrected chi connectivity index (χ1v) is 6.94. The predicted octanol–water partition coefficient (Wildman–Crippen LogP) is 3.37. The fourth-order valence-corrected chi connectivity index (χ4v) is 2.38. The van der Waals surface area contributed by atoms with Crippen LogP contribution in [0.2, 0.25) is 0 Å². The van der Waals surface area contributed by atoms with Gasteiger partial charge in [-0.3, -0.25) is 4.79 Å². The highest BCUT2D eigenvalue weighted by atomic mass is 32.2. The van der Waals surface area contributed by atoms with Gasteiger partial charge in [0.1, 0.15) is 0 Å². The average Bonchev–Trinajstić information content (AvgIpc) is 2.39. The second-order valence-electron chi connectivity index (χ2n) is 3.79. The van der Waals surface area contributed by atoms with Gasteiger partial charge >= 0.3 is 0 Å². The third-order valence-electron chi connectivity index (χ3n) is 2.38. The Morgan fingerprint density at radius 2 is 1.78 bits per heavy atom. The van der Waals surface area contributed by atoms with Crippen LogP contribution >= 0.6 is 11.8 Å². The highest BCUT2D eigenvalue weighted by Crippen LogP contribution is 2.18. The van der Waals surface area contributed by atoms with Crippen molar-refractivity contribution in [1.29, 1.82) is 0 Å². The fraction of sp³-hybridized carbons (Fsp3) is 0.267. The summed E-state index contributed by atoms with van der Waals surface area (Å²) in [7, 11) is 0. The van der Waals surface area contributed by atoms with E-state index < -0.39 is 0 Å². The molecule has 0 atom stereocenters. The number of benzene rings is 1. The fourth-order valence-electron chi connectivity index (χ4n) is 1.52. The Morgan fingerprint density at radius 1 is 1.17 bits per heavy atom. The Morgan fingerprint density at radius 3 is 2.33 bits per heavy atom. The second kappa shape index (κ2) is 8.59. The molecule has 18 heavy (non-hydrogen) atoms. The highest BCUT2D eigenvalue weighted by molar-refractivity contribution is 7.99. The van der Waals surface area contributed by atoms with Crippen molar-refractivity contribution in [2.75, 3.05) is 18.8 Å². The molecule has 0 saturated heterocycles. The molecule has 0 heterocycles. The summed E-state index contributed by atoms with van der Waals surface area (Å²) in [5, 5.41) is 0. The highest BCUT2D eigenvalue weighted by Gasteiger charge is 2.09. The lowest BCUT2D eigenvalue weighted by Crippen LogP contribution is -2.31. The zero-order chi connectivity index (χ0) is 13.2. The van der Waals surface area contributed by atoms with Crippen molar-refractivity contribution in [2.45, 2.75) is 11.3 Å². The third kappa shape index (κ3) is 5.23. The van der Waals surface area contributed by atoms with Gasteiger partial charge in [0.2, 0.25) is 5.91 Å². The zero-order valence-corrected chi connectivity index (χ0v) is 11.4. The molecule has 0 radical (unpaired) electrons. The van der Waals surface area contributed by atoms with Crippen LogP contribution in [0.25, 0.3) is 0 Å². The van der Waals surface area contributed by atoms with E-state index in [1.807, 2.05) is 18.2 Å². The first kappa shape index (κ1) is 14.6. The van der Waals surface area contributed by atoms with Gasteiger partial charge in [0.25, 0.3) is 0 Å². The molecular formula is C15H19NOS. The molecule has 0 aliphatic carbocycles. The van der Waals surface area contributed by atoms with Gasteiger partial charge in [0.05, 0.1) is 0 Å². The van der Waals surface area contributed by atoms with E-state index in [-0.39, 0.29) is 5.91 Å². The third-order valence-corrected chi connectivity index (χ3v) is 3.39. The average molecular weight is 261 g/mol. The lowest BCUT2D eigenvalue weighted by molar-refractivity contribution is -0.129. The van der Waals surface area contributed by atoms with Gasteiger partial charge in [-0.15, -0.1) is 24.9 Å². The first-order valence-electron chi connectivity index (χ1n) is 5.95. The number of rotatable bonds is 8. The smallest absolute Gasteiger partial charge is 0.223 e. The molecule has 0 aliphatic heterocycles. The van der Waals surface area contributed by atoms with E-state index in [1.165, 1.54) is 4.90 Å². The van der Waals surface area contributed by atoms with Crippen molar-refractivity contribution in [3.8, 4) is 0 Å². The van der Waals surface area contributed by atoms with Crippen LogP contribution in [-0.2, 0) is 4.79 Å². The van der Waals surface area contributed by atoms with Crippen LogP contribution in [0.1, 0.15) is 6.42 Å². The summed E-state index contributed by atoms with van der Waals surface area (Å²) in [6, 6.07) is 10.1. The number of amides is 1. The molecule has 96 valence electrons. The first-order chi connectivity index (χ1) is 8.77. The molecule has 0 spiro atoms. The van der Waals surface area contributed by atoms with Crippen LogP contribution < -0.4 is 0 Å². The standard InChI is InChI=1S/C15H19NOS/c1-3-11-16(12-4-2)15(17)10-13-18-14-8-6-5-7-9-14/h3-9H,1-2,10-13H2. The Hall–Kier alpha value is -1.48. The molecule has 3 heteroatoms. The van der Waals surface area contributed by atoms with Gasteiger partial charge in [-0.05, 0) is 12.1 Å². The minimum Gasteiger partial charge on any atom is -0.335 e. The minimum atomic E-state index is 0.151. The summed E-state index contributed by atoms with van der Waals surface area (Å²) in [5.41, 5.74) is 0. The van der Waals surface area contributed by atoms with E-state index in [9.17, 15) is 4.79 Å².